The summed E-state index contributed by atoms with van der Waals surface area (Å²) in [5.41, 5.74) is 5.95. The highest BCUT2D eigenvalue weighted by Gasteiger charge is 2.33. The van der Waals surface area contributed by atoms with E-state index in [1.807, 2.05) is 16.3 Å². The van der Waals surface area contributed by atoms with Crippen LogP contribution < -0.4 is 5.73 Å². The molecular formula is C11H14N2O3S. The summed E-state index contributed by atoms with van der Waals surface area (Å²) in [5.74, 6) is -1.26. The molecule has 0 aromatic carbocycles. The Balaban J connectivity index is 2.18. The van der Waals surface area contributed by atoms with Gasteiger partial charge in [0.15, 0.2) is 0 Å². The van der Waals surface area contributed by atoms with Gasteiger partial charge in [-0.15, -0.1) is 11.3 Å². The molecule has 0 spiro atoms. The normalized spacial score (nSPS) is 19.9. The number of hydrogen-bond acceptors (Lipinski definition) is 4. The number of thiophene rings is 1. The van der Waals surface area contributed by atoms with Crippen LogP contribution in [0.4, 0.5) is 0 Å². The van der Waals surface area contributed by atoms with Gasteiger partial charge < -0.3 is 10.8 Å². The third kappa shape index (κ3) is 2.48. The quantitative estimate of drug-likeness (QED) is 0.824. The molecule has 1 aromatic heterocycles. The number of carbonyl (C=O) groups is 2. The zero-order valence-electron chi connectivity index (χ0n) is 9.26. The molecule has 1 aliphatic rings. The largest absolute Gasteiger partial charge is 0.480 e. The number of fused-ring (bicyclic) bond motifs is 1. The maximum Gasteiger partial charge on any atom is 0.325 e. The van der Waals surface area contributed by atoms with Crippen molar-refractivity contribution < 1.29 is 14.7 Å². The number of nitrogens with two attached hydrogens (primary N) is 1. The van der Waals surface area contributed by atoms with Crippen molar-refractivity contribution in [1.29, 1.82) is 0 Å². The fourth-order valence-corrected chi connectivity index (χ4v) is 3.06. The van der Waals surface area contributed by atoms with E-state index in [4.69, 9.17) is 5.73 Å². The summed E-state index contributed by atoms with van der Waals surface area (Å²) < 4.78 is 0. The predicted octanol–water partition coefficient (Wildman–Crippen LogP) is 0.607. The summed E-state index contributed by atoms with van der Waals surface area (Å²) in [5, 5.41) is 11.2. The fourth-order valence-electron chi connectivity index (χ4n) is 2.15. The lowest BCUT2D eigenvalue weighted by atomic mass is 10.00. The zero-order chi connectivity index (χ0) is 12.4. The summed E-state index contributed by atoms with van der Waals surface area (Å²) in [4.78, 5) is 25.0. The van der Waals surface area contributed by atoms with Gasteiger partial charge in [0, 0.05) is 24.4 Å². The molecule has 6 heteroatoms. The number of primary amides is 1. The molecule has 0 saturated carbocycles. The van der Waals surface area contributed by atoms with Crippen LogP contribution in [0.25, 0.3) is 0 Å². The Morgan fingerprint density at radius 1 is 1.59 bits per heavy atom. The van der Waals surface area contributed by atoms with Gasteiger partial charge in [0.05, 0.1) is 0 Å². The Morgan fingerprint density at radius 2 is 2.35 bits per heavy atom. The average Bonchev–Trinajstić information content (AvgIpc) is 2.72. The molecule has 1 unspecified atom stereocenters. The Labute approximate surface area is 103 Å². The van der Waals surface area contributed by atoms with E-state index in [9.17, 15) is 14.7 Å². The van der Waals surface area contributed by atoms with E-state index in [2.05, 4.69) is 0 Å². The predicted molar refractivity (Wildman–Crippen MR) is 63.8 cm³/mol. The van der Waals surface area contributed by atoms with Gasteiger partial charge in [0.2, 0.25) is 5.91 Å². The van der Waals surface area contributed by atoms with Crippen LogP contribution in [0.5, 0.6) is 0 Å². The van der Waals surface area contributed by atoms with Gasteiger partial charge in [0.1, 0.15) is 6.04 Å². The molecule has 0 bridgehead atoms. The molecule has 1 atom stereocenters. The maximum absolute atomic E-state index is 11.3. The van der Waals surface area contributed by atoms with Crippen molar-refractivity contribution in [2.45, 2.75) is 18.9 Å². The molecule has 0 aliphatic carbocycles. The van der Waals surface area contributed by atoms with Gasteiger partial charge in [-0.2, -0.15) is 0 Å². The van der Waals surface area contributed by atoms with E-state index in [-0.39, 0.29) is 6.42 Å². The van der Waals surface area contributed by atoms with Crippen LogP contribution in [0.3, 0.4) is 0 Å². The molecule has 5 nitrogen and oxygen atoms in total. The fraction of sp³-hybridized carbons (Fsp3) is 0.455. The van der Waals surface area contributed by atoms with Crippen molar-refractivity contribution in [3.8, 4) is 0 Å². The summed E-state index contributed by atoms with van der Waals surface area (Å²) in [6.07, 6.45) is 1.04. The average molecular weight is 254 g/mol. The van der Waals surface area contributed by atoms with Gasteiger partial charge in [0.25, 0.3) is 0 Å². The lowest BCUT2D eigenvalue weighted by molar-refractivity contribution is -0.144. The van der Waals surface area contributed by atoms with Crippen molar-refractivity contribution in [2.75, 3.05) is 13.1 Å². The van der Waals surface area contributed by atoms with E-state index in [1.165, 1.54) is 0 Å². The van der Waals surface area contributed by atoms with Crippen molar-refractivity contribution in [3.05, 3.63) is 21.9 Å². The number of aliphatic carboxylic acids is 1. The lowest BCUT2D eigenvalue weighted by Gasteiger charge is -2.32. The number of carboxylic acid groups (broad SMARTS) is 1. The van der Waals surface area contributed by atoms with Crippen molar-refractivity contribution >= 4 is 23.2 Å². The molecule has 1 amide bonds. The molecule has 92 valence electrons. The third-order valence-electron chi connectivity index (χ3n) is 2.95. The number of carboxylic acids is 1. The Morgan fingerprint density at radius 3 is 3.00 bits per heavy atom. The standard InChI is InChI=1S/C11H14N2O3S/c12-9(14)2-5-13-4-1-8-7(3-6-17-8)10(13)11(15)16/h3,6,10H,1-2,4-5H2,(H2,12,14)(H,15,16). The second-order valence-corrected chi connectivity index (χ2v) is 5.04. The lowest BCUT2D eigenvalue weighted by Crippen LogP contribution is -2.40. The molecular weight excluding hydrogens is 240 g/mol. The molecule has 17 heavy (non-hydrogen) atoms. The minimum absolute atomic E-state index is 0.198. The highest BCUT2D eigenvalue weighted by atomic mass is 32.1. The monoisotopic (exact) mass is 254 g/mol. The van der Waals surface area contributed by atoms with Crippen molar-refractivity contribution in [1.82, 2.24) is 4.90 Å². The molecule has 2 heterocycles. The maximum atomic E-state index is 11.3. The van der Waals surface area contributed by atoms with Gasteiger partial charge in [-0.05, 0) is 23.4 Å². The molecule has 0 saturated heterocycles. The van der Waals surface area contributed by atoms with Crippen LogP contribution >= 0.6 is 11.3 Å². The second-order valence-electron chi connectivity index (χ2n) is 4.04. The van der Waals surface area contributed by atoms with Crippen LogP contribution in [0, 0.1) is 0 Å². The van der Waals surface area contributed by atoms with Crippen LogP contribution in [0.1, 0.15) is 22.9 Å². The first kappa shape index (κ1) is 12.1. The van der Waals surface area contributed by atoms with Crippen LogP contribution in [-0.2, 0) is 16.0 Å². The Hall–Kier alpha value is -1.40. The number of amides is 1. The van der Waals surface area contributed by atoms with Crippen LogP contribution in [-0.4, -0.2) is 35.0 Å². The number of carbonyl (C=O) groups excluding carboxylic acids is 1. The summed E-state index contributed by atoms with van der Waals surface area (Å²) in [6, 6.07) is 1.22. The number of hydrogen-bond donors (Lipinski definition) is 2. The van der Waals surface area contributed by atoms with Crippen LogP contribution in [0.2, 0.25) is 0 Å². The van der Waals surface area contributed by atoms with E-state index in [0.29, 0.717) is 13.1 Å². The summed E-state index contributed by atoms with van der Waals surface area (Å²) in [6.45, 7) is 1.07. The van der Waals surface area contributed by atoms with Gasteiger partial charge in [-0.3, -0.25) is 14.5 Å². The molecule has 1 aliphatic heterocycles. The SMILES string of the molecule is NC(=O)CCN1CCc2sccc2C1C(=O)O. The zero-order valence-corrected chi connectivity index (χ0v) is 10.1. The third-order valence-corrected chi connectivity index (χ3v) is 3.94. The number of nitrogens with zero attached hydrogens (tertiary/aromatic N) is 1. The number of rotatable bonds is 4. The van der Waals surface area contributed by atoms with Gasteiger partial charge in [-0.25, -0.2) is 0 Å². The Kier molecular flexibility index (Phi) is 3.44. The topological polar surface area (TPSA) is 83.6 Å². The highest BCUT2D eigenvalue weighted by Crippen LogP contribution is 2.33. The van der Waals surface area contributed by atoms with E-state index in [1.54, 1.807) is 11.3 Å². The minimum Gasteiger partial charge on any atom is -0.480 e. The van der Waals surface area contributed by atoms with E-state index in [0.717, 1.165) is 16.9 Å². The van der Waals surface area contributed by atoms with Gasteiger partial charge >= 0.3 is 5.97 Å². The first-order valence-electron chi connectivity index (χ1n) is 5.41. The smallest absolute Gasteiger partial charge is 0.325 e. The van der Waals surface area contributed by atoms with E-state index >= 15 is 0 Å². The van der Waals surface area contributed by atoms with Crippen LogP contribution in [0.15, 0.2) is 11.4 Å². The van der Waals surface area contributed by atoms with E-state index < -0.39 is 17.9 Å². The molecule has 3 N–H and O–H groups in total. The molecule has 1 aromatic rings. The first-order valence-corrected chi connectivity index (χ1v) is 6.29. The summed E-state index contributed by atoms with van der Waals surface area (Å²) >= 11 is 1.59. The minimum atomic E-state index is -0.867. The highest BCUT2D eigenvalue weighted by molar-refractivity contribution is 7.10. The molecule has 0 radical (unpaired) electrons. The molecule has 0 fully saturated rings. The second kappa shape index (κ2) is 4.85. The first-order chi connectivity index (χ1) is 8.09. The van der Waals surface area contributed by atoms with Crippen molar-refractivity contribution in [2.24, 2.45) is 5.73 Å². The van der Waals surface area contributed by atoms with Gasteiger partial charge in [-0.1, -0.05) is 0 Å². The summed E-state index contributed by atoms with van der Waals surface area (Å²) in [7, 11) is 0. The Bertz CT molecular complexity index is 444. The molecule has 2 rings (SSSR count). The van der Waals surface area contributed by atoms with Crippen molar-refractivity contribution in [3.63, 3.8) is 0 Å².